The Balaban J connectivity index is 0.00000338. The Labute approximate surface area is 175 Å². The molecular formula is C19H36IN5O. The third kappa shape index (κ3) is 8.22. The fraction of sp³-hybridized carbons (Fsp3) is 0.842. The van der Waals surface area contributed by atoms with E-state index in [9.17, 15) is 0 Å². The van der Waals surface area contributed by atoms with Crippen molar-refractivity contribution in [1.82, 2.24) is 20.8 Å². The van der Waals surface area contributed by atoms with Gasteiger partial charge in [-0.1, -0.05) is 51.1 Å². The van der Waals surface area contributed by atoms with E-state index in [0.29, 0.717) is 24.3 Å². The quantitative estimate of drug-likeness (QED) is 0.332. The van der Waals surface area contributed by atoms with E-state index in [2.05, 4.69) is 46.5 Å². The molecule has 6 nitrogen and oxygen atoms in total. The number of nitrogens with zero attached hydrogens (tertiary/aromatic N) is 3. The van der Waals surface area contributed by atoms with Gasteiger partial charge < -0.3 is 15.2 Å². The number of nitrogens with one attached hydrogen (secondary N) is 2. The number of aliphatic imine (C=N–C) groups is 1. The van der Waals surface area contributed by atoms with Crippen LogP contribution in [0.25, 0.3) is 0 Å². The zero-order valence-electron chi connectivity index (χ0n) is 16.8. The molecule has 0 radical (unpaired) electrons. The van der Waals surface area contributed by atoms with Gasteiger partial charge in [0.05, 0.1) is 0 Å². The Hall–Kier alpha value is -0.860. The van der Waals surface area contributed by atoms with Crippen LogP contribution in [0, 0.1) is 5.92 Å². The van der Waals surface area contributed by atoms with Crippen LogP contribution in [0.15, 0.2) is 9.52 Å². The van der Waals surface area contributed by atoms with Crippen LogP contribution in [-0.2, 0) is 6.42 Å². The molecule has 0 aromatic carbocycles. The monoisotopic (exact) mass is 477 g/mol. The van der Waals surface area contributed by atoms with Crippen LogP contribution < -0.4 is 10.6 Å². The van der Waals surface area contributed by atoms with Gasteiger partial charge in [-0.15, -0.1) is 24.0 Å². The summed E-state index contributed by atoms with van der Waals surface area (Å²) in [6.45, 7) is 7.10. The highest BCUT2D eigenvalue weighted by Gasteiger charge is 2.15. The van der Waals surface area contributed by atoms with Crippen molar-refractivity contribution in [3.8, 4) is 0 Å². The third-order valence-corrected chi connectivity index (χ3v) is 4.97. The van der Waals surface area contributed by atoms with Gasteiger partial charge in [0, 0.05) is 32.0 Å². The van der Waals surface area contributed by atoms with Crippen LogP contribution in [0.3, 0.4) is 0 Å². The molecule has 0 amide bonds. The molecule has 26 heavy (non-hydrogen) atoms. The summed E-state index contributed by atoms with van der Waals surface area (Å²) in [5, 5.41) is 10.8. The lowest BCUT2D eigenvalue weighted by molar-refractivity contribution is 0.322. The van der Waals surface area contributed by atoms with Gasteiger partial charge in [0.2, 0.25) is 5.89 Å². The molecule has 1 saturated carbocycles. The molecule has 1 atom stereocenters. The summed E-state index contributed by atoms with van der Waals surface area (Å²) in [7, 11) is 1.81. The van der Waals surface area contributed by atoms with Crippen molar-refractivity contribution < 1.29 is 4.52 Å². The van der Waals surface area contributed by atoms with Gasteiger partial charge in [-0.3, -0.25) is 4.99 Å². The first-order chi connectivity index (χ1) is 12.1. The zero-order chi connectivity index (χ0) is 18.1. The minimum absolute atomic E-state index is 0. The maximum atomic E-state index is 5.27. The molecule has 0 bridgehead atoms. The summed E-state index contributed by atoms with van der Waals surface area (Å²) >= 11 is 0. The molecule has 0 aliphatic heterocycles. The van der Waals surface area contributed by atoms with E-state index in [4.69, 9.17) is 4.52 Å². The van der Waals surface area contributed by atoms with Gasteiger partial charge >= 0.3 is 0 Å². The maximum absolute atomic E-state index is 5.27. The van der Waals surface area contributed by atoms with Gasteiger partial charge in [-0.25, -0.2) is 0 Å². The minimum Gasteiger partial charge on any atom is -0.356 e. The molecule has 2 rings (SSSR count). The van der Waals surface area contributed by atoms with Crippen LogP contribution in [0.5, 0.6) is 0 Å². The normalized spacial score (nSPS) is 17.0. The molecule has 2 N–H and O–H groups in total. The van der Waals surface area contributed by atoms with E-state index in [1.54, 1.807) is 0 Å². The van der Waals surface area contributed by atoms with E-state index in [1.165, 1.54) is 44.9 Å². The van der Waals surface area contributed by atoms with Crippen molar-refractivity contribution in [2.24, 2.45) is 10.9 Å². The van der Waals surface area contributed by atoms with E-state index in [1.807, 2.05) is 7.05 Å². The fourth-order valence-corrected chi connectivity index (χ4v) is 3.35. The highest BCUT2D eigenvalue weighted by atomic mass is 127. The largest absolute Gasteiger partial charge is 0.356 e. The lowest BCUT2D eigenvalue weighted by Gasteiger charge is -2.24. The molecule has 1 heterocycles. The molecule has 1 aromatic heterocycles. The number of rotatable bonds is 8. The Morgan fingerprint density at radius 3 is 2.58 bits per heavy atom. The first-order valence-electron chi connectivity index (χ1n) is 9.88. The molecule has 1 aliphatic carbocycles. The second-order valence-corrected chi connectivity index (χ2v) is 7.58. The topological polar surface area (TPSA) is 75.3 Å². The fourth-order valence-electron chi connectivity index (χ4n) is 3.35. The molecule has 1 unspecified atom stereocenters. The molecule has 1 aliphatic rings. The zero-order valence-corrected chi connectivity index (χ0v) is 19.1. The van der Waals surface area contributed by atoms with E-state index < -0.39 is 0 Å². The molecule has 7 heteroatoms. The van der Waals surface area contributed by atoms with Crippen molar-refractivity contribution in [2.45, 2.75) is 84.1 Å². The van der Waals surface area contributed by atoms with E-state index >= 15 is 0 Å². The highest BCUT2D eigenvalue weighted by Crippen LogP contribution is 2.27. The standard InChI is InChI=1S/C19H35N5O.HI/c1-14(2)18-23-17(25-24-18)12-13-21-19(20-4)22-15(3)10-11-16-8-6-5-7-9-16;/h14-16H,5-13H2,1-4H3,(H2,20,21,22);1H. The van der Waals surface area contributed by atoms with Crippen LogP contribution >= 0.6 is 24.0 Å². The van der Waals surface area contributed by atoms with Crippen molar-refractivity contribution >= 4 is 29.9 Å². The average molecular weight is 477 g/mol. The molecule has 0 spiro atoms. The Kier molecular flexibility index (Phi) is 11.2. The smallest absolute Gasteiger partial charge is 0.228 e. The summed E-state index contributed by atoms with van der Waals surface area (Å²) in [5.41, 5.74) is 0. The second kappa shape index (κ2) is 12.5. The van der Waals surface area contributed by atoms with Crippen molar-refractivity contribution in [2.75, 3.05) is 13.6 Å². The average Bonchev–Trinajstić information content (AvgIpc) is 3.09. The van der Waals surface area contributed by atoms with E-state index in [0.717, 1.165) is 24.2 Å². The summed E-state index contributed by atoms with van der Waals surface area (Å²) in [6, 6.07) is 0.434. The van der Waals surface area contributed by atoms with Gasteiger partial charge in [0.25, 0.3) is 0 Å². The number of hydrogen-bond acceptors (Lipinski definition) is 4. The third-order valence-electron chi connectivity index (χ3n) is 4.97. The van der Waals surface area contributed by atoms with E-state index in [-0.39, 0.29) is 24.0 Å². The Morgan fingerprint density at radius 2 is 1.96 bits per heavy atom. The number of hydrogen-bond donors (Lipinski definition) is 2. The van der Waals surface area contributed by atoms with Crippen molar-refractivity contribution in [3.05, 3.63) is 11.7 Å². The van der Waals surface area contributed by atoms with Gasteiger partial charge in [0.15, 0.2) is 11.8 Å². The summed E-state index contributed by atoms with van der Waals surface area (Å²) in [5.74, 6) is 3.52. The first-order valence-corrected chi connectivity index (χ1v) is 9.88. The van der Waals surface area contributed by atoms with Crippen LogP contribution in [0.2, 0.25) is 0 Å². The summed E-state index contributed by atoms with van der Waals surface area (Å²) in [4.78, 5) is 8.71. The second-order valence-electron chi connectivity index (χ2n) is 7.58. The Morgan fingerprint density at radius 1 is 1.23 bits per heavy atom. The summed E-state index contributed by atoms with van der Waals surface area (Å²) < 4.78 is 5.27. The molecule has 0 saturated heterocycles. The first kappa shape index (κ1) is 23.2. The predicted octanol–water partition coefficient (Wildman–Crippen LogP) is 4.27. The molecular weight excluding hydrogens is 441 g/mol. The lowest BCUT2D eigenvalue weighted by Crippen LogP contribution is -2.43. The van der Waals surface area contributed by atoms with Crippen LogP contribution in [0.1, 0.15) is 83.3 Å². The van der Waals surface area contributed by atoms with Crippen molar-refractivity contribution in [1.29, 1.82) is 0 Å². The SMILES string of the molecule is CN=C(NCCc1nc(C(C)C)no1)NC(C)CCC1CCCCC1.I. The predicted molar refractivity (Wildman–Crippen MR) is 117 cm³/mol. The maximum Gasteiger partial charge on any atom is 0.228 e. The van der Waals surface area contributed by atoms with Gasteiger partial charge in [0.1, 0.15) is 0 Å². The molecule has 1 fully saturated rings. The highest BCUT2D eigenvalue weighted by molar-refractivity contribution is 14.0. The molecule has 1 aromatic rings. The van der Waals surface area contributed by atoms with Crippen LogP contribution in [-0.4, -0.2) is 35.7 Å². The number of guanidine groups is 1. The summed E-state index contributed by atoms with van der Waals surface area (Å²) in [6.07, 6.45) is 10.3. The van der Waals surface area contributed by atoms with Gasteiger partial charge in [-0.05, 0) is 25.7 Å². The van der Waals surface area contributed by atoms with Crippen molar-refractivity contribution in [3.63, 3.8) is 0 Å². The Bertz CT molecular complexity index is 526. The minimum atomic E-state index is 0. The van der Waals surface area contributed by atoms with Crippen LogP contribution in [0.4, 0.5) is 0 Å². The lowest BCUT2D eigenvalue weighted by atomic mass is 9.85. The number of aromatic nitrogens is 2. The van der Waals surface area contributed by atoms with Gasteiger partial charge in [-0.2, -0.15) is 4.98 Å². The molecule has 150 valence electrons. The number of halogens is 1.